The number of halogens is 1. The van der Waals surface area contributed by atoms with Gasteiger partial charge in [-0.15, -0.1) is 0 Å². The Labute approximate surface area is 117 Å². The van der Waals surface area contributed by atoms with Crippen molar-refractivity contribution in [3.05, 3.63) is 58.1 Å². The van der Waals surface area contributed by atoms with E-state index in [2.05, 4.69) is 76.0 Å². The third-order valence-corrected chi connectivity index (χ3v) is 3.39. The van der Waals surface area contributed by atoms with Crippen molar-refractivity contribution >= 4 is 27.3 Å². The number of rotatable bonds is 4. The Hall–Kier alpha value is -1.48. The van der Waals surface area contributed by atoms with E-state index in [4.69, 9.17) is 0 Å². The van der Waals surface area contributed by atoms with Crippen molar-refractivity contribution in [2.75, 3.05) is 17.7 Å². The standard InChI is InChI=1S/C15H17BrN2/c1-11-6-7-13(16)9-15(11)18-10-12-4-3-5-14(8-12)17-2/h3-9,17-18H,10H2,1-2H3. The highest BCUT2D eigenvalue weighted by atomic mass is 79.9. The smallest absolute Gasteiger partial charge is 0.0401 e. The van der Waals surface area contributed by atoms with Crippen molar-refractivity contribution in [3.63, 3.8) is 0 Å². The second kappa shape index (κ2) is 5.91. The Balaban J connectivity index is 2.08. The van der Waals surface area contributed by atoms with Crippen LogP contribution in [0.15, 0.2) is 46.9 Å². The van der Waals surface area contributed by atoms with Gasteiger partial charge >= 0.3 is 0 Å². The van der Waals surface area contributed by atoms with Crippen LogP contribution in [0.4, 0.5) is 11.4 Å². The first-order chi connectivity index (χ1) is 8.69. The van der Waals surface area contributed by atoms with Crippen LogP contribution in [0, 0.1) is 6.92 Å². The van der Waals surface area contributed by atoms with E-state index in [1.54, 1.807) is 0 Å². The largest absolute Gasteiger partial charge is 0.388 e. The maximum absolute atomic E-state index is 3.50. The van der Waals surface area contributed by atoms with Crippen molar-refractivity contribution < 1.29 is 0 Å². The SMILES string of the molecule is CNc1cccc(CNc2cc(Br)ccc2C)c1. The Kier molecular flexibility index (Phi) is 4.26. The highest BCUT2D eigenvalue weighted by Gasteiger charge is 2.00. The van der Waals surface area contributed by atoms with Crippen molar-refractivity contribution in [3.8, 4) is 0 Å². The highest BCUT2D eigenvalue weighted by molar-refractivity contribution is 9.10. The summed E-state index contributed by atoms with van der Waals surface area (Å²) < 4.78 is 1.10. The van der Waals surface area contributed by atoms with Crippen LogP contribution in [0.2, 0.25) is 0 Å². The van der Waals surface area contributed by atoms with Crippen LogP contribution in [-0.2, 0) is 6.54 Å². The molecule has 3 heteroatoms. The third kappa shape index (κ3) is 3.26. The van der Waals surface area contributed by atoms with Gasteiger partial charge in [-0.05, 0) is 42.3 Å². The summed E-state index contributed by atoms with van der Waals surface area (Å²) in [5.41, 5.74) is 4.82. The molecule has 0 unspecified atom stereocenters. The van der Waals surface area contributed by atoms with Crippen LogP contribution in [0.25, 0.3) is 0 Å². The van der Waals surface area contributed by atoms with Gasteiger partial charge in [-0.2, -0.15) is 0 Å². The molecule has 0 aliphatic carbocycles. The molecule has 0 saturated carbocycles. The van der Waals surface area contributed by atoms with Gasteiger partial charge in [0.1, 0.15) is 0 Å². The zero-order chi connectivity index (χ0) is 13.0. The first-order valence-electron chi connectivity index (χ1n) is 5.96. The summed E-state index contributed by atoms with van der Waals surface area (Å²) >= 11 is 3.50. The zero-order valence-electron chi connectivity index (χ0n) is 10.6. The predicted molar refractivity (Wildman–Crippen MR) is 82.2 cm³/mol. The molecule has 0 aromatic heterocycles. The van der Waals surface area contributed by atoms with Crippen LogP contribution in [0.1, 0.15) is 11.1 Å². The molecule has 2 aromatic carbocycles. The van der Waals surface area contributed by atoms with Crippen molar-refractivity contribution in [1.82, 2.24) is 0 Å². The molecule has 0 bridgehead atoms. The van der Waals surface area contributed by atoms with Gasteiger partial charge in [0, 0.05) is 29.4 Å². The lowest BCUT2D eigenvalue weighted by Crippen LogP contribution is -2.01. The minimum absolute atomic E-state index is 0.826. The molecule has 0 saturated heterocycles. The molecule has 2 aromatic rings. The number of nitrogens with one attached hydrogen (secondary N) is 2. The second-order valence-corrected chi connectivity index (χ2v) is 5.18. The molecule has 0 fully saturated rings. The summed E-state index contributed by atoms with van der Waals surface area (Å²) in [5, 5.41) is 6.61. The monoisotopic (exact) mass is 304 g/mol. The van der Waals surface area contributed by atoms with Gasteiger partial charge in [0.2, 0.25) is 0 Å². The Bertz CT molecular complexity index is 538. The molecule has 94 valence electrons. The van der Waals surface area contributed by atoms with Crippen LogP contribution >= 0.6 is 15.9 Å². The molecule has 0 radical (unpaired) electrons. The molecule has 0 aliphatic rings. The Morgan fingerprint density at radius 2 is 1.94 bits per heavy atom. The second-order valence-electron chi connectivity index (χ2n) is 4.26. The fraction of sp³-hybridized carbons (Fsp3) is 0.200. The third-order valence-electron chi connectivity index (χ3n) is 2.90. The van der Waals surface area contributed by atoms with E-state index in [0.717, 1.165) is 16.7 Å². The van der Waals surface area contributed by atoms with Crippen LogP contribution in [0.3, 0.4) is 0 Å². The van der Waals surface area contributed by atoms with Crippen LogP contribution < -0.4 is 10.6 Å². The van der Waals surface area contributed by atoms with E-state index >= 15 is 0 Å². The van der Waals surface area contributed by atoms with Gasteiger partial charge < -0.3 is 10.6 Å². The van der Waals surface area contributed by atoms with E-state index in [0.29, 0.717) is 0 Å². The van der Waals surface area contributed by atoms with Crippen LogP contribution in [0.5, 0.6) is 0 Å². The molecule has 0 aliphatic heterocycles. The average Bonchev–Trinajstić information content (AvgIpc) is 2.40. The highest BCUT2D eigenvalue weighted by Crippen LogP contribution is 2.21. The average molecular weight is 305 g/mol. The molecule has 0 spiro atoms. The lowest BCUT2D eigenvalue weighted by Gasteiger charge is -2.11. The molecule has 18 heavy (non-hydrogen) atoms. The maximum Gasteiger partial charge on any atom is 0.0401 e. The maximum atomic E-state index is 3.50. The summed E-state index contributed by atoms with van der Waals surface area (Å²) in [6.07, 6.45) is 0. The summed E-state index contributed by atoms with van der Waals surface area (Å²) in [6, 6.07) is 14.7. The number of aryl methyl sites for hydroxylation is 1. The number of benzene rings is 2. The van der Waals surface area contributed by atoms with Gasteiger partial charge in [-0.3, -0.25) is 0 Å². The van der Waals surface area contributed by atoms with E-state index in [-0.39, 0.29) is 0 Å². The van der Waals surface area contributed by atoms with E-state index < -0.39 is 0 Å². The quantitative estimate of drug-likeness (QED) is 0.874. The summed E-state index contributed by atoms with van der Waals surface area (Å²) in [4.78, 5) is 0. The minimum atomic E-state index is 0.826. The van der Waals surface area contributed by atoms with Gasteiger partial charge in [0.15, 0.2) is 0 Å². The molecule has 0 heterocycles. The molecule has 2 nitrogen and oxygen atoms in total. The van der Waals surface area contributed by atoms with Gasteiger partial charge in [0.05, 0.1) is 0 Å². The van der Waals surface area contributed by atoms with Gasteiger partial charge in [-0.25, -0.2) is 0 Å². The minimum Gasteiger partial charge on any atom is -0.388 e. The van der Waals surface area contributed by atoms with Gasteiger partial charge in [0.25, 0.3) is 0 Å². The van der Waals surface area contributed by atoms with Crippen molar-refractivity contribution in [1.29, 1.82) is 0 Å². The number of hydrogen-bond acceptors (Lipinski definition) is 2. The molecule has 2 N–H and O–H groups in total. The first kappa shape index (κ1) is 13.0. The van der Waals surface area contributed by atoms with Crippen molar-refractivity contribution in [2.24, 2.45) is 0 Å². The Morgan fingerprint density at radius 1 is 1.11 bits per heavy atom. The predicted octanol–water partition coefficient (Wildman–Crippen LogP) is 4.41. The summed E-state index contributed by atoms with van der Waals surface area (Å²) in [5.74, 6) is 0. The van der Waals surface area contributed by atoms with E-state index in [9.17, 15) is 0 Å². The molecular formula is C15H17BrN2. The van der Waals surface area contributed by atoms with Crippen LogP contribution in [-0.4, -0.2) is 7.05 Å². The lowest BCUT2D eigenvalue weighted by molar-refractivity contribution is 1.14. The Morgan fingerprint density at radius 3 is 2.72 bits per heavy atom. The summed E-state index contributed by atoms with van der Waals surface area (Å²) in [6.45, 7) is 2.94. The fourth-order valence-electron chi connectivity index (χ4n) is 1.82. The summed E-state index contributed by atoms with van der Waals surface area (Å²) in [7, 11) is 1.94. The van der Waals surface area contributed by atoms with Crippen molar-refractivity contribution in [2.45, 2.75) is 13.5 Å². The number of anilines is 2. The molecular weight excluding hydrogens is 288 g/mol. The fourth-order valence-corrected chi connectivity index (χ4v) is 2.18. The molecule has 0 amide bonds. The van der Waals surface area contributed by atoms with E-state index in [1.807, 2.05) is 7.05 Å². The normalized spacial score (nSPS) is 10.2. The first-order valence-corrected chi connectivity index (χ1v) is 6.75. The molecule has 2 rings (SSSR count). The lowest BCUT2D eigenvalue weighted by atomic mass is 10.1. The van der Waals surface area contributed by atoms with E-state index in [1.165, 1.54) is 16.8 Å². The van der Waals surface area contributed by atoms with Gasteiger partial charge in [-0.1, -0.05) is 34.1 Å². The zero-order valence-corrected chi connectivity index (χ0v) is 12.2. The topological polar surface area (TPSA) is 24.1 Å². The molecule has 0 atom stereocenters. The number of hydrogen-bond donors (Lipinski definition) is 2.